The molecule has 0 aliphatic heterocycles. The summed E-state index contributed by atoms with van der Waals surface area (Å²) in [5.41, 5.74) is 3.61. The van der Waals surface area contributed by atoms with Crippen LogP contribution in [0.2, 0.25) is 5.02 Å². The molecule has 1 aromatic heterocycles. The predicted octanol–water partition coefficient (Wildman–Crippen LogP) is 3.13. The molecule has 18 heavy (non-hydrogen) atoms. The number of halogens is 1. The number of hydrazine groups is 1. The maximum Gasteiger partial charge on any atom is 0.147 e. The second-order valence-electron chi connectivity index (χ2n) is 3.56. The first-order valence-electron chi connectivity index (χ1n) is 5.48. The van der Waals surface area contributed by atoms with E-state index in [-0.39, 0.29) is 0 Å². The number of nitrogen functional groups attached to an aromatic ring is 1. The summed E-state index contributed by atoms with van der Waals surface area (Å²) in [5.74, 6) is 6.11. The van der Waals surface area contributed by atoms with Crippen molar-refractivity contribution in [2.24, 2.45) is 5.84 Å². The summed E-state index contributed by atoms with van der Waals surface area (Å²) in [6, 6.07) is 7.64. The third-order valence-corrected chi connectivity index (χ3v) is 3.73. The molecule has 0 atom stereocenters. The topological polar surface area (TPSA) is 63.8 Å². The van der Waals surface area contributed by atoms with E-state index in [1.54, 1.807) is 11.8 Å². The highest BCUT2D eigenvalue weighted by molar-refractivity contribution is 7.99. The molecule has 0 unspecified atom stereocenters. The van der Waals surface area contributed by atoms with Gasteiger partial charge in [0.25, 0.3) is 0 Å². The predicted molar refractivity (Wildman–Crippen MR) is 74.8 cm³/mol. The smallest absolute Gasteiger partial charge is 0.147 e. The van der Waals surface area contributed by atoms with Crippen LogP contribution in [0.4, 0.5) is 5.82 Å². The zero-order valence-corrected chi connectivity index (χ0v) is 11.4. The lowest BCUT2D eigenvalue weighted by atomic mass is 10.2. The normalized spacial score (nSPS) is 10.4. The monoisotopic (exact) mass is 280 g/mol. The molecule has 3 N–H and O–H groups in total. The summed E-state index contributed by atoms with van der Waals surface area (Å²) in [6.45, 7) is 2.05. The number of hydrogen-bond acceptors (Lipinski definition) is 5. The molecular formula is C12H13ClN4S. The zero-order chi connectivity index (χ0) is 13.0. The molecule has 4 nitrogen and oxygen atoms in total. The van der Waals surface area contributed by atoms with Crippen LogP contribution in [-0.4, -0.2) is 9.97 Å². The average molecular weight is 281 g/mol. The second kappa shape index (κ2) is 6.04. The molecule has 0 spiro atoms. The van der Waals surface area contributed by atoms with E-state index in [4.69, 9.17) is 17.4 Å². The number of anilines is 1. The van der Waals surface area contributed by atoms with E-state index in [2.05, 4.69) is 15.4 Å². The van der Waals surface area contributed by atoms with E-state index >= 15 is 0 Å². The molecule has 0 aliphatic rings. The van der Waals surface area contributed by atoms with Gasteiger partial charge in [-0.25, -0.2) is 15.8 Å². The molecule has 2 aromatic rings. The fourth-order valence-electron chi connectivity index (χ4n) is 1.54. The molecule has 6 heteroatoms. The van der Waals surface area contributed by atoms with Crippen LogP contribution in [0.3, 0.4) is 0 Å². The average Bonchev–Trinajstić information content (AvgIpc) is 2.41. The Bertz CT molecular complexity index is 530. The summed E-state index contributed by atoms with van der Waals surface area (Å²) in [5, 5.41) is 1.63. The standard InChI is InChI=1S/C12H13ClN4S/c1-2-10-11(17-14)15-7-16-12(10)18-9-5-3-8(13)4-6-9/h3-7H,2,14H2,1H3,(H,15,16,17). The Kier molecular flexibility index (Phi) is 4.41. The molecule has 0 amide bonds. The minimum atomic E-state index is 0.670. The van der Waals surface area contributed by atoms with Gasteiger partial charge in [0.1, 0.15) is 17.2 Å². The number of nitrogens with two attached hydrogens (primary N) is 1. The maximum atomic E-state index is 5.86. The number of nitrogens with one attached hydrogen (secondary N) is 1. The summed E-state index contributed by atoms with van der Waals surface area (Å²) < 4.78 is 0. The van der Waals surface area contributed by atoms with E-state index in [1.165, 1.54) is 6.33 Å². The van der Waals surface area contributed by atoms with E-state index in [0.29, 0.717) is 5.82 Å². The SMILES string of the molecule is CCc1c(NN)ncnc1Sc1ccc(Cl)cc1. The maximum absolute atomic E-state index is 5.86. The minimum Gasteiger partial charge on any atom is -0.308 e. The molecule has 0 radical (unpaired) electrons. The number of aromatic nitrogens is 2. The van der Waals surface area contributed by atoms with E-state index in [1.807, 2.05) is 31.2 Å². The fourth-order valence-corrected chi connectivity index (χ4v) is 2.63. The van der Waals surface area contributed by atoms with Crippen LogP contribution in [0.15, 0.2) is 40.5 Å². The molecule has 0 aliphatic carbocycles. The van der Waals surface area contributed by atoms with Crippen molar-refractivity contribution in [1.29, 1.82) is 0 Å². The van der Waals surface area contributed by atoms with Crippen molar-refractivity contribution in [3.63, 3.8) is 0 Å². The molecule has 0 fully saturated rings. The highest BCUT2D eigenvalue weighted by Crippen LogP contribution is 2.31. The molecule has 1 heterocycles. The number of benzene rings is 1. The van der Waals surface area contributed by atoms with Crippen LogP contribution >= 0.6 is 23.4 Å². The lowest BCUT2D eigenvalue weighted by Gasteiger charge is -2.10. The van der Waals surface area contributed by atoms with Gasteiger partial charge in [0, 0.05) is 15.5 Å². The quantitative estimate of drug-likeness (QED) is 0.512. The Hall–Kier alpha value is -1.30. The fraction of sp³-hybridized carbons (Fsp3) is 0.167. The molecule has 0 saturated heterocycles. The van der Waals surface area contributed by atoms with Crippen molar-refractivity contribution >= 4 is 29.2 Å². The molecule has 1 aromatic carbocycles. The molecule has 2 rings (SSSR count). The van der Waals surface area contributed by atoms with Crippen molar-refractivity contribution in [3.05, 3.63) is 41.2 Å². The van der Waals surface area contributed by atoms with Gasteiger partial charge in [0.15, 0.2) is 0 Å². The molecule has 94 valence electrons. The third kappa shape index (κ3) is 2.93. The second-order valence-corrected chi connectivity index (χ2v) is 5.06. The first kappa shape index (κ1) is 13.1. The largest absolute Gasteiger partial charge is 0.308 e. The van der Waals surface area contributed by atoms with Crippen molar-refractivity contribution in [2.45, 2.75) is 23.3 Å². The minimum absolute atomic E-state index is 0.670. The highest BCUT2D eigenvalue weighted by atomic mass is 35.5. The Labute approximate surface area is 115 Å². The van der Waals surface area contributed by atoms with E-state index < -0.39 is 0 Å². The van der Waals surface area contributed by atoms with Gasteiger partial charge < -0.3 is 5.43 Å². The van der Waals surface area contributed by atoms with E-state index in [0.717, 1.165) is 26.9 Å². The van der Waals surface area contributed by atoms with Crippen molar-refractivity contribution in [2.75, 3.05) is 5.43 Å². The molecular weight excluding hydrogens is 268 g/mol. The lowest BCUT2D eigenvalue weighted by molar-refractivity contribution is 0.941. The van der Waals surface area contributed by atoms with Crippen molar-refractivity contribution in [3.8, 4) is 0 Å². The van der Waals surface area contributed by atoms with Gasteiger partial charge in [0.2, 0.25) is 0 Å². The van der Waals surface area contributed by atoms with Crippen LogP contribution in [0, 0.1) is 0 Å². The van der Waals surface area contributed by atoms with Crippen LogP contribution < -0.4 is 11.3 Å². The van der Waals surface area contributed by atoms with E-state index in [9.17, 15) is 0 Å². The number of nitrogens with zero attached hydrogens (tertiary/aromatic N) is 2. The van der Waals surface area contributed by atoms with Gasteiger partial charge >= 0.3 is 0 Å². The van der Waals surface area contributed by atoms with Gasteiger partial charge in [-0.15, -0.1) is 0 Å². The highest BCUT2D eigenvalue weighted by Gasteiger charge is 2.10. The Morgan fingerprint density at radius 3 is 2.61 bits per heavy atom. The molecule has 0 bridgehead atoms. The third-order valence-electron chi connectivity index (χ3n) is 2.42. The van der Waals surface area contributed by atoms with Gasteiger partial charge in [0.05, 0.1) is 0 Å². The van der Waals surface area contributed by atoms with Gasteiger partial charge in [-0.1, -0.05) is 30.3 Å². The first-order chi connectivity index (χ1) is 8.74. The number of hydrogen-bond donors (Lipinski definition) is 2. The molecule has 0 saturated carbocycles. The summed E-state index contributed by atoms with van der Waals surface area (Å²) >= 11 is 7.43. The number of rotatable bonds is 4. The zero-order valence-electron chi connectivity index (χ0n) is 9.85. The Morgan fingerprint density at radius 1 is 1.28 bits per heavy atom. The van der Waals surface area contributed by atoms with Gasteiger partial charge in [-0.05, 0) is 30.7 Å². The van der Waals surface area contributed by atoms with Crippen LogP contribution in [-0.2, 0) is 6.42 Å². The van der Waals surface area contributed by atoms with Crippen LogP contribution in [0.1, 0.15) is 12.5 Å². The van der Waals surface area contributed by atoms with Crippen LogP contribution in [0.25, 0.3) is 0 Å². The lowest BCUT2D eigenvalue weighted by Crippen LogP contribution is -2.12. The van der Waals surface area contributed by atoms with Gasteiger partial charge in [-0.2, -0.15) is 0 Å². The van der Waals surface area contributed by atoms with Crippen molar-refractivity contribution in [1.82, 2.24) is 9.97 Å². The summed E-state index contributed by atoms with van der Waals surface area (Å²) in [7, 11) is 0. The Balaban J connectivity index is 2.31. The summed E-state index contributed by atoms with van der Waals surface area (Å²) in [6.07, 6.45) is 2.32. The van der Waals surface area contributed by atoms with Crippen molar-refractivity contribution < 1.29 is 0 Å². The summed E-state index contributed by atoms with van der Waals surface area (Å²) in [4.78, 5) is 9.48. The Morgan fingerprint density at radius 2 is 2.00 bits per heavy atom. The first-order valence-corrected chi connectivity index (χ1v) is 6.68. The van der Waals surface area contributed by atoms with Gasteiger partial charge in [-0.3, -0.25) is 0 Å². The van der Waals surface area contributed by atoms with Crippen LogP contribution in [0.5, 0.6) is 0 Å².